The van der Waals surface area contributed by atoms with Crippen LogP contribution >= 0.6 is 35.3 Å². The molecule has 0 fully saturated rings. The molecular formula is C15H20FIN4S. The summed E-state index contributed by atoms with van der Waals surface area (Å²) in [6.45, 7) is 3.24. The third kappa shape index (κ3) is 5.88. The Morgan fingerprint density at radius 3 is 2.73 bits per heavy atom. The van der Waals surface area contributed by atoms with Crippen LogP contribution in [0.1, 0.15) is 23.2 Å². The molecular weight excluding hydrogens is 414 g/mol. The van der Waals surface area contributed by atoms with Gasteiger partial charge in [-0.05, 0) is 24.1 Å². The van der Waals surface area contributed by atoms with Gasteiger partial charge in [0.1, 0.15) is 5.82 Å². The van der Waals surface area contributed by atoms with Crippen LogP contribution in [0.3, 0.4) is 0 Å². The zero-order chi connectivity index (χ0) is 15.1. The number of hydrogen-bond acceptors (Lipinski definition) is 3. The van der Waals surface area contributed by atoms with Crippen molar-refractivity contribution in [3.8, 4) is 0 Å². The van der Waals surface area contributed by atoms with Crippen molar-refractivity contribution in [3.05, 3.63) is 51.7 Å². The summed E-state index contributed by atoms with van der Waals surface area (Å²) in [5.74, 6) is 0.442. The van der Waals surface area contributed by atoms with Gasteiger partial charge in [0.15, 0.2) is 5.96 Å². The lowest BCUT2D eigenvalue weighted by molar-refractivity contribution is 0.624. The number of guanidine groups is 1. The molecule has 0 saturated carbocycles. The highest BCUT2D eigenvalue weighted by Gasteiger charge is 2.03. The maximum absolute atomic E-state index is 13.1. The molecule has 1 aromatic carbocycles. The summed E-state index contributed by atoms with van der Waals surface area (Å²) in [4.78, 5) is 8.63. The minimum Gasteiger partial charge on any atom is -0.352 e. The van der Waals surface area contributed by atoms with E-state index in [0.29, 0.717) is 19.0 Å². The normalized spacial score (nSPS) is 11.0. The second kappa shape index (κ2) is 9.73. The van der Waals surface area contributed by atoms with E-state index in [1.54, 1.807) is 24.5 Å². The smallest absolute Gasteiger partial charge is 0.191 e. The molecule has 0 amide bonds. The molecule has 0 spiro atoms. The Morgan fingerprint density at radius 1 is 1.32 bits per heavy atom. The molecule has 1 aromatic heterocycles. The van der Waals surface area contributed by atoms with E-state index >= 15 is 0 Å². The summed E-state index contributed by atoms with van der Waals surface area (Å²) < 4.78 is 13.1. The Hall–Kier alpha value is -1.22. The van der Waals surface area contributed by atoms with Gasteiger partial charge >= 0.3 is 0 Å². The van der Waals surface area contributed by atoms with Crippen molar-refractivity contribution in [1.29, 1.82) is 0 Å². The number of rotatable bonds is 5. The number of hydrogen-bond donors (Lipinski definition) is 2. The summed E-state index contributed by atoms with van der Waals surface area (Å²) in [5, 5.41) is 9.53. The zero-order valence-corrected chi connectivity index (χ0v) is 15.7. The fraction of sp³-hybridized carbons (Fsp3) is 0.333. The van der Waals surface area contributed by atoms with Crippen molar-refractivity contribution in [1.82, 2.24) is 15.6 Å². The van der Waals surface area contributed by atoms with Crippen LogP contribution in [-0.4, -0.2) is 18.0 Å². The average molecular weight is 434 g/mol. The second-order valence-corrected chi connectivity index (χ2v) is 5.44. The van der Waals surface area contributed by atoms with Gasteiger partial charge in [-0.15, -0.1) is 35.3 Å². The van der Waals surface area contributed by atoms with Crippen LogP contribution in [0.25, 0.3) is 0 Å². The molecule has 0 bridgehead atoms. The first-order valence-electron chi connectivity index (χ1n) is 6.83. The predicted octanol–water partition coefficient (Wildman–Crippen LogP) is 3.33. The van der Waals surface area contributed by atoms with Gasteiger partial charge in [0, 0.05) is 19.0 Å². The van der Waals surface area contributed by atoms with Crippen LogP contribution in [0.15, 0.2) is 34.6 Å². The van der Waals surface area contributed by atoms with E-state index in [2.05, 4.69) is 27.5 Å². The number of aromatic nitrogens is 1. The van der Waals surface area contributed by atoms with E-state index in [1.165, 1.54) is 12.1 Å². The van der Waals surface area contributed by atoms with E-state index in [9.17, 15) is 4.39 Å². The lowest BCUT2D eigenvalue weighted by Gasteiger charge is -2.11. The van der Waals surface area contributed by atoms with E-state index in [1.807, 2.05) is 11.4 Å². The molecule has 0 atom stereocenters. The first-order chi connectivity index (χ1) is 10.2. The van der Waals surface area contributed by atoms with Crippen molar-refractivity contribution in [2.24, 2.45) is 4.99 Å². The predicted molar refractivity (Wildman–Crippen MR) is 100 cm³/mol. The maximum atomic E-state index is 13.1. The molecule has 22 heavy (non-hydrogen) atoms. The molecule has 0 radical (unpaired) electrons. The number of aryl methyl sites for hydroxylation is 1. The second-order valence-electron chi connectivity index (χ2n) is 4.50. The molecule has 1 heterocycles. The van der Waals surface area contributed by atoms with Crippen molar-refractivity contribution >= 4 is 41.3 Å². The standard InChI is InChI=1S/C15H19FN4S.HI/c1-3-14-20-13(10-21-14)9-19-15(17-2)18-8-11-5-4-6-12(16)7-11;/h4-7,10H,3,8-9H2,1-2H3,(H2,17,18,19);1H. The van der Waals surface area contributed by atoms with Crippen LogP contribution in [0.2, 0.25) is 0 Å². The zero-order valence-electron chi connectivity index (χ0n) is 12.6. The molecule has 120 valence electrons. The Morgan fingerprint density at radius 2 is 2.09 bits per heavy atom. The van der Waals surface area contributed by atoms with Gasteiger partial charge in [-0.3, -0.25) is 4.99 Å². The maximum Gasteiger partial charge on any atom is 0.191 e. The van der Waals surface area contributed by atoms with Crippen molar-refractivity contribution in [3.63, 3.8) is 0 Å². The first-order valence-corrected chi connectivity index (χ1v) is 7.71. The van der Waals surface area contributed by atoms with E-state index < -0.39 is 0 Å². The minimum atomic E-state index is -0.230. The SMILES string of the molecule is CCc1nc(CNC(=NC)NCc2cccc(F)c2)cs1.I. The van der Waals surface area contributed by atoms with Gasteiger partial charge in [-0.25, -0.2) is 9.37 Å². The number of nitrogens with one attached hydrogen (secondary N) is 2. The quantitative estimate of drug-likeness (QED) is 0.431. The van der Waals surface area contributed by atoms with E-state index in [-0.39, 0.29) is 29.8 Å². The Balaban J connectivity index is 0.00000242. The molecule has 7 heteroatoms. The lowest BCUT2D eigenvalue weighted by Crippen LogP contribution is -2.36. The fourth-order valence-corrected chi connectivity index (χ4v) is 2.56. The number of aliphatic imine (C=N–C) groups is 1. The number of halogens is 2. The fourth-order valence-electron chi connectivity index (χ4n) is 1.82. The third-order valence-electron chi connectivity index (χ3n) is 2.91. The van der Waals surface area contributed by atoms with Crippen LogP contribution in [-0.2, 0) is 19.5 Å². The number of benzene rings is 1. The van der Waals surface area contributed by atoms with Crippen molar-refractivity contribution in [2.45, 2.75) is 26.4 Å². The molecule has 0 aliphatic carbocycles. The Labute approximate surface area is 151 Å². The van der Waals surface area contributed by atoms with Gasteiger partial charge in [0.05, 0.1) is 17.2 Å². The summed E-state index contributed by atoms with van der Waals surface area (Å²) in [7, 11) is 1.71. The lowest BCUT2D eigenvalue weighted by atomic mass is 10.2. The Bertz CT molecular complexity index is 615. The van der Waals surface area contributed by atoms with Crippen LogP contribution in [0, 0.1) is 5.82 Å². The first kappa shape index (κ1) is 18.8. The summed E-state index contributed by atoms with van der Waals surface area (Å²) >= 11 is 1.67. The molecule has 4 nitrogen and oxygen atoms in total. The topological polar surface area (TPSA) is 49.3 Å². The molecule has 0 saturated heterocycles. The number of thiazole rings is 1. The van der Waals surface area contributed by atoms with Gasteiger partial charge in [-0.1, -0.05) is 19.1 Å². The molecule has 2 rings (SSSR count). The van der Waals surface area contributed by atoms with E-state index in [4.69, 9.17) is 0 Å². The summed E-state index contributed by atoms with van der Waals surface area (Å²) in [5.41, 5.74) is 1.88. The van der Waals surface area contributed by atoms with Gasteiger partial charge in [0.2, 0.25) is 0 Å². The van der Waals surface area contributed by atoms with Gasteiger partial charge < -0.3 is 10.6 Å². The van der Waals surface area contributed by atoms with Gasteiger partial charge in [-0.2, -0.15) is 0 Å². The molecule has 0 aliphatic rings. The number of nitrogens with zero attached hydrogens (tertiary/aromatic N) is 2. The van der Waals surface area contributed by atoms with Crippen molar-refractivity contribution < 1.29 is 4.39 Å². The molecule has 2 N–H and O–H groups in total. The van der Waals surface area contributed by atoms with Crippen LogP contribution in [0.4, 0.5) is 4.39 Å². The monoisotopic (exact) mass is 434 g/mol. The highest BCUT2D eigenvalue weighted by Crippen LogP contribution is 2.09. The van der Waals surface area contributed by atoms with E-state index in [0.717, 1.165) is 22.7 Å². The minimum absolute atomic E-state index is 0. The van der Waals surface area contributed by atoms with Crippen LogP contribution in [0.5, 0.6) is 0 Å². The molecule has 0 aliphatic heterocycles. The largest absolute Gasteiger partial charge is 0.352 e. The highest BCUT2D eigenvalue weighted by molar-refractivity contribution is 14.0. The third-order valence-corrected chi connectivity index (χ3v) is 3.95. The van der Waals surface area contributed by atoms with Crippen LogP contribution < -0.4 is 10.6 Å². The van der Waals surface area contributed by atoms with Gasteiger partial charge in [0.25, 0.3) is 0 Å². The average Bonchev–Trinajstić information content (AvgIpc) is 2.95. The molecule has 0 unspecified atom stereocenters. The highest BCUT2D eigenvalue weighted by atomic mass is 127. The summed E-state index contributed by atoms with van der Waals surface area (Å²) in [6.07, 6.45) is 0.956. The van der Waals surface area contributed by atoms with Crippen molar-refractivity contribution in [2.75, 3.05) is 7.05 Å². The Kier molecular flexibility index (Phi) is 8.32. The molecule has 2 aromatic rings. The summed E-state index contributed by atoms with van der Waals surface area (Å²) in [6, 6.07) is 6.51.